The van der Waals surface area contributed by atoms with E-state index in [2.05, 4.69) is 27.5 Å². The third-order valence-corrected chi connectivity index (χ3v) is 5.42. The van der Waals surface area contributed by atoms with Crippen LogP contribution in [0, 0.1) is 13.8 Å². The lowest BCUT2D eigenvalue weighted by Gasteiger charge is -2.25. The second kappa shape index (κ2) is 5.73. The first-order valence-corrected chi connectivity index (χ1v) is 8.65. The Morgan fingerprint density at radius 3 is 2.92 bits per heavy atom. The van der Waals surface area contributed by atoms with Gasteiger partial charge in [-0.1, -0.05) is 0 Å². The highest BCUT2D eigenvalue weighted by molar-refractivity contribution is 5.94. The summed E-state index contributed by atoms with van der Waals surface area (Å²) in [6.45, 7) is 6.55. The third-order valence-electron chi connectivity index (χ3n) is 5.42. The van der Waals surface area contributed by atoms with Crippen molar-refractivity contribution in [2.75, 3.05) is 13.1 Å². The Labute approximate surface area is 141 Å². The van der Waals surface area contributed by atoms with Crippen LogP contribution in [0.3, 0.4) is 0 Å². The van der Waals surface area contributed by atoms with Crippen LogP contribution in [0.5, 0.6) is 0 Å². The summed E-state index contributed by atoms with van der Waals surface area (Å²) in [4.78, 5) is 15.2. The average Bonchev–Trinajstić information content (AvgIpc) is 3.26. The van der Waals surface area contributed by atoms with Gasteiger partial charge in [-0.05, 0) is 26.7 Å². The summed E-state index contributed by atoms with van der Waals surface area (Å²) in [5, 5.41) is 15.3. The Bertz CT molecular complexity index is 789. The number of H-pyrrole nitrogens is 1. The maximum Gasteiger partial charge on any atom is 0.275 e. The first-order chi connectivity index (χ1) is 11.6. The fraction of sp³-hybridized carbons (Fsp3) is 0.588. The lowest BCUT2D eigenvalue weighted by molar-refractivity contribution is 0.0727. The lowest BCUT2D eigenvalue weighted by Crippen LogP contribution is -2.33. The summed E-state index contributed by atoms with van der Waals surface area (Å²) in [5.41, 5.74) is 6.08. The number of nitrogens with one attached hydrogen (secondary N) is 2. The van der Waals surface area contributed by atoms with Gasteiger partial charge in [0, 0.05) is 55.6 Å². The van der Waals surface area contributed by atoms with Crippen LogP contribution in [0.4, 0.5) is 0 Å². The van der Waals surface area contributed by atoms with Gasteiger partial charge in [0.15, 0.2) is 5.69 Å². The number of hydrogen-bond acceptors (Lipinski definition) is 4. The summed E-state index contributed by atoms with van der Waals surface area (Å²) in [6, 6.07) is 0.107. The Balaban J connectivity index is 1.68. The van der Waals surface area contributed by atoms with E-state index in [1.54, 1.807) is 0 Å². The van der Waals surface area contributed by atoms with E-state index in [1.165, 1.54) is 5.56 Å². The fourth-order valence-corrected chi connectivity index (χ4v) is 4.12. The van der Waals surface area contributed by atoms with E-state index < -0.39 is 0 Å². The van der Waals surface area contributed by atoms with Gasteiger partial charge in [0.05, 0.1) is 11.7 Å². The van der Waals surface area contributed by atoms with Crippen molar-refractivity contribution >= 4 is 5.91 Å². The molecular weight excluding hydrogens is 304 g/mol. The number of fused-ring (bicyclic) bond motifs is 1. The third kappa shape index (κ3) is 2.26. The summed E-state index contributed by atoms with van der Waals surface area (Å²) in [5.74, 6) is 0.0429. The minimum Gasteiger partial charge on any atom is -0.330 e. The number of rotatable bonds is 2. The van der Waals surface area contributed by atoms with Crippen LogP contribution in [0.2, 0.25) is 0 Å². The van der Waals surface area contributed by atoms with E-state index in [9.17, 15) is 4.79 Å². The molecule has 24 heavy (non-hydrogen) atoms. The Morgan fingerprint density at radius 1 is 1.33 bits per heavy atom. The number of aromatic nitrogens is 4. The molecule has 1 saturated heterocycles. The van der Waals surface area contributed by atoms with Crippen LogP contribution in [0.15, 0.2) is 0 Å². The number of aryl methyl sites for hydroxylation is 2. The molecule has 2 N–H and O–H groups in total. The van der Waals surface area contributed by atoms with Gasteiger partial charge in [-0.15, -0.1) is 0 Å². The van der Waals surface area contributed by atoms with Crippen molar-refractivity contribution in [3.05, 3.63) is 33.9 Å². The van der Waals surface area contributed by atoms with Crippen LogP contribution in [-0.4, -0.2) is 43.9 Å². The van der Waals surface area contributed by atoms with Crippen molar-refractivity contribution in [1.82, 2.24) is 30.2 Å². The van der Waals surface area contributed by atoms with Crippen LogP contribution in [0.25, 0.3) is 0 Å². The van der Waals surface area contributed by atoms with Crippen molar-refractivity contribution in [1.29, 1.82) is 0 Å². The number of carbonyl (C=O) groups excluding carboxylic acids is 1. The SMILES string of the molecule is Cc1nn(C)c(C)c1C1CCCN1C(=O)c1n[nH]c2c1CNCC2. The maximum atomic E-state index is 13.2. The highest BCUT2D eigenvalue weighted by Crippen LogP contribution is 2.36. The van der Waals surface area contributed by atoms with Crippen LogP contribution < -0.4 is 5.32 Å². The normalized spacial score (nSPS) is 20.5. The molecule has 1 unspecified atom stereocenters. The minimum atomic E-state index is 0.0429. The van der Waals surface area contributed by atoms with E-state index >= 15 is 0 Å². The number of aromatic amines is 1. The molecule has 0 spiro atoms. The van der Waals surface area contributed by atoms with Crippen molar-refractivity contribution in [2.45, 2.75) is 45.7 Å². The number of likely N-dealkylation sites (tertiary alicyclic amines) is 1. The molecular formula is C17H24N6O. The molecule has 4 rings (SSSR count). The highest BCUT2D eigenvalue weighted by Gasteiger charge is 2.36. The molecule has 7 heteroatoms. The molecule has 4 heterocycles. The summed E-state index contributed by atoms with van der Waals surface area (Å²) in [7, 11) is 1.96. The summed E-state index contributed by atoms with van der Waals surface area (Å²) >= 11 is 0. The molecule has 0 bridgehead atoms. The van der Waals surface area contributed by atoms with Gasteiger partial charge in [0.25, 0.3) is 5.91 Å². The molecule has 0 radical (unpaired) electrons. The lowest BCUT2D eigenvalue weighted by atomic mass is 10.0. The number of amides is 1. The second-order valence-electron chi connectivity index (χ2n) is 6.82. The zero-order valence-electron chi connectivity index (χ0n) is 14.5. The van der Waals surface area contributed by atoms with E-state index in [0.717, 1.165) is 61.5 Å². The molecule has 2 aliphatic rings. The van der Waals surface area contributed by atoms with E-state index in [1.807, 2.05) is 23.6 Å². The highest BCUT2D eigenvalue weighted by atomic mass is 16.2. The van der Waals surface area contributed by atoms with Gasteiger partial charge >= 0.3 is 0 Å². The minimum absolute atomic E-state index is 0.0429. The van der Waals surface area contributed by atoms with E-state index in [4.69, 9.17) is 0 Å². The Hall–Kier alpha value is -2.15. The number of carbonyl (C=O) groups is 1. The zero-order valence-corrected chi connectivity index (χ0v) is 14.5. The predicted molar refractivity (Wildman–Crippen MR) is 89.7 cm³/mol. The Kier molecular flexibility index (Phi) is 3.68. The molecule has 1 fully saturated rings. The first kappa shape index (κ1) is 15.4. The molecule has 0 saturated carbocycles. The molecule has 2 aromatic rings. The summed E-state index contributed by atoms with van der Waals surface area (Å²) in [6.07, 6.45) is 2.92. The summed E-state index contributed by atoms with van der Waals surface area (Å²) < 4.78 is 1.91. The fourth-order valence-electron chi connectivity index (χ4n) is 4.12. The van der Waals surface area contributed by atoms with Gasteiger partial charge in [0.1, 0.15) is 0 Å². The van der Waals surface area contributed by atoms with E-state index in [-0.39, 0.29) is 11.9 Å². The average molecular weight is 328 g/mol. The standard InChI is InChI=1S/C17H24N6O/c1-10-15(11(2)22(3)21-10)14-5-4-8-23(14)17(24)16-12-9-18-7-6-13(12)19-20-16/h14,18H,4-9H2,1-3H3,(H,19,20). The van der Waals surface area contributed by atoms with Crippen LogP contribution in [-0.2, 0) is 20.0 Å². The molecule has 2 aliphatic heterocycles. The van der Waals surface area contributed by atoms with Gasteiger partial charge in [-0.25, -0.2) is 0 Å². The molecule has 0 aromatic carbocycles. The monoisotopic (exact) mass is 328 g/mol. The van der Waals surface area contributed by atoms with Crippen molar-refractivity contribution in [2.24, 2.45) is 7.05 Å². The molecule has 1 amide bonds. The second-order valence-corrected chi connectivity index (χ2v) is 6.82. The zero-order chi connectivity index (χ0) is 16.8. The smallest absolute Gasteiger partial charge is 0.275 e. The van der Waals surface area contributed by atoms with Crippen LogP contribution >= 0.6 is 0 Å². The van der Waals surface area contributed by atoms with Gasteiger partial charge in [0.2, 0.25) is 0 Å². The topological polar surface area (TPSA) is 78.8 Å². The molecule has 7 nitrogen and oxygen atoms in total. The number of hydrogen-bond donors (Lipinski definition) is 2. The van der Waals surface area contributed by atoms with Crippen molar-refractivity contribution in [3.8, 4) is 0 Å². The van der Waals surface area contributed by atoms with Gasteiger partial charge < -0.3 is 10.2 Å². The van der Waals surface area contributed by atoms with Gasteiger partial charge in [-0.3, -0.25) is 14.6 Å². The molecule has 0 aliphatic carbocycles. The molecule has 2 aromatic heterocycles. The number of nitrogens with zero attached hydrogens (tertiary/aromatic N) is 4. The largest absolute Gasteiger partial charge is 0.330 e. The molecule has 1 atom stereocenters. The quantitative estimate of drug-likeness (QED) is 0.873. The predicted octanol–water partition coefficient (Wildman–Crippen LogP) is 1.38. The van der Waals surface area contributed by atoms with Crippen LogP contribution in [0.1, 0.15) is 57.6 Å². The molecule has 128 valence electrons. The Morgan fingerprint density at radius 2 is 2.17 bits per heavy atom. The maximum absolute atomic E-state index is 13.2. The van der Waals surface area contributed by atoms with Gasteiger partial charge in [-0.2, -0.15) is 10.2 Å². The van der Waals surface area contributed by atoms with E-state index in [0.29, 0.717) is 5.69 Å². The van der Waals surface area contributed by atoms with Crippen molar-refractivity contribution in [3.63, 3.8) is 0 Å². The van der Waals surface area contributed by atoms with Crippen molar-refractivity contribution < 1.29 is 4.79 Å². The first-order valence-electron chi connectivity index (χ1n) is 8.65.